The smallest absolute Gasteiger partial charge is 0.0707 e. The number of piperidine rings is 1. The minimum atomic E-state index is 0.444. The van der Waals surface area contributed by atoms with Gasteiger partial charge in [-0.05, 0) is 38.1 Å². The molecule has 3 unspecified atom stereocenters. The molecule has 1 N–H and O–H groups in total. The fraction of sp³-hybridized carbons (Fsp3) is 1.00. The fourth-order valence-corrected chi connectivity index (χ4v) is 3.17. The second kappa shape index (κ2) is 6.88. The Morgan fingerprint density at radius 1 is 1.22 bits per heavy atom. The monoisotopic (exact) mass is 254 g/mol. The standard InChI is InChI=1S/C15H30N2O/c1-12(2)16-9-14-6-7-15(18-14)11-17-8-4-5-13(3)10-17/h12-16H,4-11H2,1-3H3. The molecule has 2 fully saturated rings. The van der Waals surface area contributed by atoms with Crippen molar-refractivity contribution < 1.29 is 4.74 Å². The van der Waals surface area contributed by atoms with E-state index in [2.05, 4.69) is 31.0 Å². The van der Waals surface area contributed by atoms with Crippen molar-refractivity contribution in [2.75, 3.05) is 26.2 Å². The van der Waals surface area contributed by atoms with Gasteiger partial charge in [-0.1, -0.05) is 20.8 Å². The molecule has 0 aliphatic carbocycles. The predicted molar refractivity (Wildman–Crippen MR) is 75.9 cm³/mol. The second-order valence-corrected chi connectivity index (χ2v) is 6.53. The number of hydrogen-bond donors (Lipinski definition) is 1. The van der Waals surface area contributed by atoms with Crippen LogP contribution in [0.1, 0.15) is 46.5 Å². The van der Waals surface area contributed by atoms with Crippen LogP contribution in [0, 0.1) is 5.92 Å². The van der Waals surface area contributed by atoms with Crippen LogP contribution in [0.3, 0.4) is 0 Å². The summed E-state index contributed by atoms with van der Waals surface area (Å²) in [6.07, 6.45) is 6.17. The number of rotatable bonds is 5. The molecule has 2 aliphatic rings. The van der Waals surface area contributed by atoms with Crippen LogP contribution in [0.4, 0.5) is 0 Å². The van der Waals surface area contributed by atoms with Gasteiger partial charge in [0.1, 0.15) is 0 Å². The Kier molecular flexibility index (Phi) is 5.46. The highest BCUT2D eigenvalue weighted by molar-refractivity contribution is 4.80. The van der Waals surface area contributed by atoms with E-state index >= 15 is 0 Å². The van der Waals surface area contributed by atoms with Gasteiger partial charge in [-0.15, -0.1) is 0 Å². The van der Waals surface area contributed by atoms with E-state index in [1.807, 2.05) is 0 Å². The van der Waals surface area contributed by atoms with Gasteiger partial charge in [-0.2, -0.15) is 0 Å². The largest absolute Gasteiger partial charge is 0.372 e. The lowest BCUT2D eigenvalue weighted by Gasteiger charge is -2.32. The molecule has 0 aromatic rings. The van der Waals surface area contributed by atoms with Crippen LogP contribution in [0.15, 0.2) is 0 Å². The Bertz CT molecular complexity index is 245. The third kappa shape index (κ3) is 4.52. The SMILES string of the molecule is CC1CCCN(CC2CCC(CNC(C)C)O2)C1. The van der Waals surface area contributed by atoms with Gasteiger partial charge < -0.3 is 15.0 Å². The molecule has 2 rings (SSSR count). The zero-order valence-electron chi connectivity index (χ0n) is 12.3. The quantitative estimate of drug-likeness (QED) is 0.814. The predicted octanol–water partition coefficient (Wildman–Crippen LogP) is 2.26. The van der Waals surface area contributed by atoms with Gasteiger partial charge in [0.25, 0.3) is 0 Å². The maximum absolute atomic E-state index is 6.15. The van der Waals surface area contributed by atoms with Gasteiger partial charge in [0.05, 0.1) is 12.2 Å². The van der Waals surface area contributed by atoms with E-state index in [1.165, 1.54) is 38.8 Å². The molecule has 0 aromatic carbocycles. The van der Waals surface area contributed by atoms with Crippen LogP contribution in [0.2, 0.25) is 0 Å². The molecule has 3 atom stereocenters. The van der Waals surface area contributed by atoms with Gasteiger partial charge in [0.15, 0.2) is 0 Å². The lowest BCUT2D eigenvalue weighted by Crippen LogP contribution is -2.40. The molecule has 0 amide bonds. The van der Waals surface area contributed by atoms with Gasteiger partial charge in [0, 0.05) is 25.7 Å². The number of hydrogen-bond acceptors (Lipinski definition) is 3. The molecule has 2 saturated heterocycles. The van der Waals surface area contributed by atoms with Gasteiger partial charge >= 0.3 is 0 Å². The molecule has 2 aliphatic heterocycles. The molecular formula is C15H30N2O. The first-order valence-electron chi connectivity index (χ1n) is 7.74. The molecular weight excluding hydrogens is 224 g/mol. The van der Waals surface area contributed by atoms with E-state index in [9.17, 15) is 0 Å². The Morgan fingerprint density at radius 3 is 2.72 bits per heavy atom. The van der Waals surface area contributed by atoms with Crippen LogP contribution in [0.25, 0.3) is 0 Å². The van der Waals surface area contributed by atoms with Crippen molar-refractivity contribution in [3.05, 3.63) is 0 Å². The molecule has 0 radical (unpaired) electrons. The number of nitrogens with one attached hydrogen (secondary N) is 1. The molecule has 0 spiro atoms. The van der Waals surface area contributed by atoms with E-state index in [0.29, 0.717) is 18.2 Å². The van der Waals surface area contributed by atoms with Gasteiger partial charge in [-0.3, -0.25) is 0 Å². The Labute approximate surface area is 112 Å². The van der Waals surface area contributed by atoms with Crippen molar-refractivity contribution in [2.45, 2.75) is 64.7 Å². The molecule has 0 bridgehead atoms. The Balaban J connectivity index is 1.66. The summed E-state index contributed by atoms with van der Waals surface area (Å²) in [6.45, 7) is 11.5. The number of likely N-dealkylation sites (tertiary alicyclic amines) is 1. The summed E-state index contributed by atoms with van der Waals surface area (Å²) in [6, 6.07) is 0.565. The first-order chi connectivity index (χ1) is 8.63. The summed E-state index contributed by atoms with van der Waals surface area (Å²) in [5, 5.41) is 3.48. The first-order valence-corrected chi connectivity index (χ1v) is 7.74. The van der Waals surface area contributed by atoms with E-state index in [1.54, 1.807) is 0 Å². The molecule has 0 aromatic heterocycles. The summed E-state index contributed by atoms with van der Waals surface area (Å²) in [5.41, 5.74) is 0. The minimum absolute atomic E-state index is 0.444. The molecule has 2 heterocycles. The Morgan fingerprint density at radius 2 is 2.00 bits per heavy atom. The van der Waals surface area contributed by atoms with Gasteiger partial charge in [-0.25, -0.2) is 0 Å². The van der Waals surface area contributed by atoms with Crippen molar-refractivity contribution in [1.82, 2.24) is 10.2 Å². The summed E-state index contributed by atoms with van der Waals surface area (Å²) < 4.78 is 6.15. The summed E-state index contributed by atoms with van der Waals surface area (Å²) in [4.78, 5) is 2.61. The lowest BCUT2D eigenvalue weighted by molar-refractivity contribution is 0.0152. The van der Waals surface area contributed by atoms with Crippen molar-refractivity contribution in [2.24, 2.45) is 5.92 Å². The first kappa shape index (κ1) is 14.3. The molecule has 18 heavy (non-hydrogen) atoms. The molecule has 3 nitrogen and oxygen atoms in total. The highest BCUT2D eigenvalue weighted by Crippen LogP contribution is 2.22. The number of nitrogens with zero attached hydrogens (tertiary/aromatic N) is 1. The normalized spacial score (nSPS) is 34.3. The minimum Gasteiger partial charge on any atom is -0.372 e. The van der Waals surface area contributed by atoms with Crippen LogP contribution in [-0.2, 0) is 4.74 Å². The van der Waals surface area contributed by atoms with E-state index in [-0.39, 0.29) is 0 Å². The zero-order valence-corrected chi connectivity index (χ0v) is 12.3. The van der Waals surface area contributed by atoms with Crippen LogP contribution in [-0.4, -0.2) is 49.3 Å². The number of ether oxygens (including phenoxy) is 1. The highest BCUT2D eigenvalue weighted by Gasteiger charge is 2.28. The molecule has 0 saturated carbocycles. The van der Waals surface area contributed by atoms with E-state index in [0.717, 1.165) is 19.0 Å². The topological polar surface area (TPSA) is 24.5 Å². The van der Waals surface area contributed by atoms with E-state index < -0.39 is 0 Å². The van der Waals surface area contributed by atoms with Crippen LogP contribution in [0.5, 0.6) is 0 Å². The molecule has 106 valence electrons. The third-order valence-corrected chi connectivity index (χ3v) is 4.15. The van der Waals surface area contributed by atoms with Gasteiger partial charge in [0.2, 0.25) is 0 Å². The van der Waals surface area contributed by atoms with Crippen molar-refractivity contribution in [3.8, 4) is 0 Å². The maximum Gasteiger partial charge on any atom is 0.0707 e. The Hall–Kier alpha value is -0.120. The second-order valence-electron chi connectivity index (χ2n) is 6.53. The molecule has 3 heteroatoms. The maximum atomic E-state index is 6.15. The lowest BCUT2D eigenvalue weighted by atomic mass is 10.00. The summed E-state index contributed by atoms with van der Waals surface area (Å²) >= 11 is 0. The summed E-state index contributed by atoms with van der Waals surface area (Å²) in [5.74, 6) is 0.874. The van der Waals surface area contributed by atoms with E-state index in [4.69, 9.17) is 4.74 Å². The zero-order chi connectivity index (χ0) is 13.0. The average Bonchev–Trinajstić information content (AvgIpc) is 2.74. The summed E-state index contributed by atoms with van der Waals surface area (Å²) in [7, 11) is 0. The van der Waals surface area contributed by atoms with Crippen molar-refractivity contribution >= 4 is 0 Å². The fourth-order valence-electron chi connectivity index (χ4n) is 3.17. The van der Waals surface area contributed by atoms with Crippen LogP contribution < -0.4 is 5.32 Å². The third-order valence-electron chi connectivity index (χ3n) is 4.15. The average molecular weight is 254 g/mol. The highest BCUT2D eigenvalue weighted by atomic mass is 16.5. The van der Waals surface area contributed by atoms with Crippen molar-refractivity contribution in [1.29, 1.82) is 0 Å². The van der Waals surface area contributed by atoms with Crippen molar-refractivity contribution in [3.63, 3.8) is 0 Å². The van der Waals surface area contributed by atoms with Crippen LogP contribution >= 0.6 is 0 Å².